The van der Waals surface area contributed by atoms with Crippen LogP contribution in [-0.2, 0) is 4.79 Å². The molecule has 2 aromatic heterocycles. The molecule has 0 aliphatic heterocycles. The predicted octanol–water partition coefficient (Wildman–Crippen LogP) is 2.41. The van der Waals surface area contributed by atoms with Gasteiger partial charge in [0.1, 0.15) is 5.82 Å². The molecule has 5 nitrogen and oxygen atoms in total. The first kappa shape index (κ1) is 12.5. The van der Waals surface area contributed by atoms with E-state index in [1.54, 1.807) is 4.52 Å². The van der Waals surface area contributed by atoms with E-state index < -0.39 is 0 Å². The van der Waals surface area contributed by atoms with E-state index in [2.05, 4.69) is 29.2 Å². The molecule has 0 aromatic carbocycles. The van der Waals surface area contributed by atoms with Gasteiger partial charge in [-0.2, -0.15) is 5.10 Å². The minimum absolute atomic E-state index is 0.0254. The van der Waals surface area contributed by atoms with E-state index in [1.165, 1.54) is 0 Å². The van der Waals surface area contributed by atoms with Crippen molar-refractivity contribution in [2.45, 2.75) is 33.6 Å². The summed E-state index contributed by atoms with van der Waals surface area (Å²) in [5, 5.41) is 7.10. The maximum absolute atomic E-state index is 11.8. The zero-order valence-corrected chi connectivity index (χ0v) is 11.0. The van der Waals surface area contributed by atoms with Gasteiger partial charge in [-0.25, -0.2) is 9.50 Å². The van der Waals surface area contributed by atoms with Gasteiger partial charge in [0.05, 0.1) is 5.69 Å². The van der Waals surface area contributed by atoms with Crippen LogP contribution in [0.2, 0.25) is 0 Å². The molecule has 18 heavy (non-hydrogen) atoms. The predicted molar refractivity (Wildman–Crippen MR) is 70.4 cm³/mol. The highest BCUT2D eigenvalue weighted by Crippen LogP contribution is 2.15. The second-order valence-corrected chi connectivity index (χ2v) is 4.83. The Kier molecular flexibility index (Phi) is 3.60. The standard InChI is InChI=1S/C13H18N4O/c1-9(2)6-7-12(18)15-11-5-4-8-17-13(11)14-10(3)16-17/h4-5,8-9H,6-7H2,1-3H3,(H,15,18). The van der Waals surface area contributed by atoms with Crippen molar-refractivity contribution in [2.75, 3.05) is 5.32 Å². The van der Waals surface area contributed by atoms with Crippen molar-refractivity contribution in [3.05, 3.63) is 24.2 Å². The lowest BCUT2D eigenvalue weighted by molar-refractivity contribution is -0.116. The molecule has 2 rings (SSSR count). The van der Waals surface area contributed by atoms with Gasteiger partial charge >= 0.3 is 0 Å². The lowest BCUT2D eigenvalue weighted by Crippen LogP contribution is -2.13. The van der Waals surface area contributed by atoms with Gasteiger partial charge in [0.2, 0.25) is 5.91 Å². The molecule has 1 amide bonds. The highest BCUT2D eigenvalue weighted by Gasteiger charge is 2.09. The number of carbonyl (C=O) groups is 1. The smallest absolute Gasteiger partial charge is 0.224 e. The molecule has 0 saturated heterocycles. The quantitative estimate of drug-likeness (QED) is 0.901. The summed E-state index contributed by atoms with van der Waals surface area (Å²) in [6.07, 6.45) is 3.24. The van der Waals surface area contributed by atoms with Gasteiger partial charge in [-0.1, -0.05) is 13.8 Å². The Morgan fingerprint density at radius 2 is 2.28 bits per heavy atom. The summed E-state index contributed by atoms with van der Waals surface area (Å²) in [6.45, 7) is 6.04. The van der Waals surface area contributed by atoms with Crippen LogP contribution in [0.15, 0.2) is 18.3 Å². The Bertz CT molecular complexity index is 559. The molecule has 0 atom stereocenters. The zero-order valence-electron chi connectivity index (χ0n) is 11.0. The molecule has 0 bridgehead atoms. The van der Waals surface area contributed by atoms with Crippen LogP contribution in [0.5, 0.6) is 0 Å². The van der Waals surface area contributed by atoms with Crippen molar-refractivity contribution < 1.29 is 4.79 Å². The van der Waals surface area contributed by atoms with Crippen molar-refractivity contribution in [3.8, 4) is 0 Å². The molecule has 0 aliphatic carbocycles. The fraction of sp³-hybridized carbons (Fsp3) is 0.462. The van der Waals surface area contributed by atoms with Gasteiger partial charge in [-0.15, -0.1) is 0 Å². The molecule has 2 heterocycles. The number of nitrogens with one attached hydrogen (secondary N) is 1. The van der Waals surface area contributed by atoms with Crippen LogP contribution in [0.25, 0.3) is 5.65 Å². The average Bonchev–Trinajstić information content (AvgIpc) is 2.68. The normalized spacial score (nSPS) is 11.1. The number of aromatic nitrogens is 3. The first-order valence-electron chi connectivity index (χ1n) is 6.18. The molecular weight excluding hydrogens is 228 g/mol. The Morgan fingerprint density at radius 1 is 1.50 bits per heavy atom. The van der Waals surface area contributed by atoms with E-state index in [9.17, 15) is 4.79 Å². The topological polar surface area (TPSA) is 59.3 Å². The summed E-state index contributed by atoms with van der Waals surface area (Å²) in [5.74, 6) is 1.25. The second-order valence-electron chi connectivity index (χ2n) is 4.83. The fourth-order valence-corrected chi connectivity index (χ4v) is 1.74. The minimum Gasteiger partial charge on any atom is -0.323 e. The molecule has 1 N–H and O–H groups in total. The van der Waals surface area contributed by atoms with Crippen molar-refractivity contribution in [1.29, 1.82) is 0 Å². The number of pyridine rings is 1. The zero-order chi connectivity index (χ0) is 13.1. The molecule has 0 aliphatic rings. The number of hydrogen-bond acceptors (Lipinski definition) is 3. The summed E-state index contributed by atoms with van der Waals surface area (Å²) in [6, 6.07) is 3.69. The highest BCUT2D eigenvalue weighted by molar-refractivity contribution is 5.94. The maximum atomic E-state index is 11.8. The molecule has 96 valence electrons. The lowest BCUT2D eigenvalue weighted by Gasteiger charge is -2.07. The summed E-state index contributed by atoms with van der Waals surface area (Å²) in [5.41, 5.74) is 1.40. The molecule has 0 fully saturated rings. The summed E-state index contributed by atoms with van der Waals surface area (Å²) in [7, 11) is 0. The van der Waals surface area contributed by atoms with E-state index in [4.69, 9.17) is 0 Å². The van der Waals surface area contributed by atoms with Crippen LogP contribution in [0.4, 0.5) is 5.69 Å². The van der Waals surface area contributed by atoms with Gasteiger partial charge in [0.25, 0.3) is 0 Å². The number of amides is 1. The monoisotopic (exact) mass is 246 g/mol. The van der Waals surface area contributed by atoms with E-state index in [0.717, 1.165) is 6.42 Å². The average molecular weight is 246 g/mol. The third-order valence-electron chi connectivity index (χ3n) is 2.69. The molecule has 0 unspecified atom stereocenters. The maximum Gasteiger partial charge on any atom is 0.224 e. The fourth-order valence-electron chi connectivity index (χ4n) is 1.74. The number of carbonyl (C=O) groups excluding carboxylic acids is 1. The third-order valence-corrected chi connectivity index (χ3v) is 2.69. The molecule has 2 aromatic rings. The van der Waals surface area contributed by atoms with Gasteiger partial charge < -0.3 is 5.32 Å². The molecule has 5 heteroatoms. The van der Waals surface area contributed by atoms with Crippen molar-refractivity contribution in [1.82, 2.24) is 14.6 Å². The Balaban J connectivity index is 2.14. The van der Waals surface area contributed by atoms with E-state index in [0.29, 0.717) is 29.5 Å². The molecular formula is C13H18N4O. The van der Waals surface area contributed by atoms with Crippen LogP contribution in [0, 0.1) is 12.8 Å². The summed E-state index contributed by atoms with van der Waals surface area (Å²) < 4.78 is 1.67. The number of anilines is 1. The van der Waals surface area contributed by atoms with Crippen LogP contribution in [0.1, 0.15) is 32.5 Å². The van der Waals surface area contributed by atoms with Crippen molar-refractivity contribution in [3.63, 3.8) is 0 Å². The highest BCUT2D eigenvalue weighted by atomic mass is 16.1. The number of fused-ring (bicyclic) bond motifs is 1. The first-order valence-corrected chi connectivity index (χ1v) is 6.18. The Labute approximate surface area is 106 Å². The van der Waals surface area contributed by atoms with Crippen LogP contribution >= 0.6 is 0 Å². The molecule has 0 saturated carbocycles. The number of rotatable bonds is 4. The molecule has 0 radical (unpaired) electrons. The largest absolute Gasteiger partial charge is 0.323 e. The lowest BCUT2D eigenvalue weighted by atomic mass is 10.1. The molecule has 0 spiro atoms. The van der Waals surface area contributed by atoms with Gasteiger partial charge in [0, 0.05) is 12.6 Å². The Hall–Kier alpha value is -1.91. The van der Waals surface area contributed by atoms with Gasteiger partial charge in [-0.05, 0) is 31.4 Å². The SMILES string of the molecule is Cc1nc2c(NC(=O)CCC(C)C)cccn2n1. The first-order chi connectivity index (χ1) is 8.56. The Morgan fingerprint density at radius 3 is 3.00 bits per heavy atom. The van der Waals surface area contributed by atoms with Gasteiger partial charge in [-0.3, -0.25) is 4.79 Å². The number of nitrogens with zero attached hydrogens (tertiary/aromatic N) is 3. The summed E-state index contributed by atoms with van der Waals surface area (Å²) in [4.78, 5) is 16.1. The van der Waals surface area contributed by atoms with E-state index in [-0.39, 0.29) is 5.91 Å². The second kappa shape index (κ2) is 5.16. The van der Waals surface area contributed by atoms with E-state index >= 15 is 0 Å². The van der Waals surface area contributed by atoms with Crippen LogP contribution in [-0.4, -0.2) is 20.5 Å². The van der Waals surface area contributed by atoms with Crippen LogP contribution < -0.4 is 5.32 Å². The van der Waals surface area contributed by atoms with Crippen molar-refractivity contribution >= 4 is 17.2 Å². The third kappa shape index (κ3) is 2.85. The minimum atomic E-state index is 0.0254. The van der Waals surface area contributed by atoms with Crippen LogP contribution in [0.3, 0.4) is 0 Å². The summed E-state index contributed by atoms with van der Waals surface area (Å²) >= 11 is 0. The van der Waals surface area contributed by atoms with Gasteiger partial charge in [0.15, 0.2) is 5.65 Å². The van der Waals surface area contributed by atoms with Crippen molar-refractivity contribution in [2.24, 2.45) is 5.92 Å². The van der Waals surface area contributed by atoms with E-state index in [1.807, 2.05) is 25.3 Å². The number of hydrogen-bond donors (Lipinski definition) is 1. The number of aryl methyl sites for hydroxylation is 1.